The molecule has 10 heteroatoms. The number of halogens is 3. The van der Waals surface area contributed by atoms with Gasteiger partial charge in [-0.3, -0.25) is 9.52 Å². The average molecular weight is 424 g/mol. The van der Waals surface area contributed by atoms with Gasteiger partial charge in [0.1, 0.15) is 5.76 Å². The second-order valence-corrected chi connectivity index (χ2v) is 7.90. The highest BCUT2D eigenvalue weighted by Crippen LogP contribution is 2.32. The van der Waals surface area contributed by atoms with E-state index in [1.807, 2.05) is 0 Å². The molecule has 0 radical (unpaired) electrons. The van der Waals surface area contributed by atoms with Gasteiger partial charge in [0.15, 0.2) is 5.76 Å². The largest absolute Gasteiger partial charge is 0.451 e. The summed E-state index contributed by atoms with van der Waals surface area (Å²) in [6, 6.07) is 13.3. The number of nitrogens with one attached hydrogen (secondary N) is 2. The van der Waals surface area contributed by atoms with E-state index in [0.29, 0.717) is 11.4 Å². The summed E-state index contributed by atoms with van der Waals surface area (Å²) in [6.07, 6.45) is -3.47. The van der Waals surface area contributed by atoms with Gasteiger partial charge in [-0.05, 0) is 48.5 Å². The smallest absolute Gasteiger partial charge is 0.416 e. The maximum Gasteiger partial charge on any atom is 0.416 e. The molecule has 2 aromatic carbocycles. The van der Waals surface area contributed by atoms with Crippen molar-refractivity contribution < 1.29 is 30.8 Å². The van der Waals surface area contributed by atoms with Crippen molar-refractivity contribution in [3.63, 3.8) is 0 Å². The molecule has 0 unspecified atom stereocenters. The number of hydrogen-bond acceptors (Lipinski definition) is 4. The summed E-state index contributed by atoms with van der Waals surface area (Å²) >= 11 is 0. The van der Waals surface area contributed by atoms with E-state index >= 15 is 0 Å². The first-order valence-corrected chi connectivity index (χ1v) is 10.1. The van der Waals surface area contributed by atoms with Gasteiger partial charge in [0.2, 0.25) is 10.0 Å². The zero-order valence-corrected chi connectivity index (χ0v) is 15.8. The highest BCUT2D eigenvalue weighted by atomic mass is 32.2. The molecule has 0 atom stereocenters. The van der Waals surface area contributed by atoms with E-state index in [2.05, 4.69) is 10.0 Å². The van der Waals surface area contributed by atoms with Gasteiger partial charge in [0.05, 0.1) is 11.8 Å². The maximum absolute atomic E-state index is 12.8. The third kappa shape index (κ3) is 5.38. The second kappa shape index (κ2) is 7.63. The van der Waals surface area contributed by atoms with Crippen molar-refractivity contribution in [1.82, 2.24) is 0 Å². The van der Waals surface area contributed by atoms with Crippen molar-refractivity contribution in [2.45, 2.75) is 6.18 Å². The summed E-state index contributed by atoms with van der Waals surface area (Å²) in [7, 11) is -3.41. The standard InChI is InChI=1S/C19H15F3N2O4S/c1-29(26,27)24-15-7-5-14(6-8-15)23-18(25)17-10-9-16(28-17)12-3-2-4-13(11-12)19(20,21)22/h2-11,24H,1H3,(H,23,25). The molecule has 3 aromatic rings. The summed E-state index contributed by atoms with van der Waals surface area (Å²) in [4.78, 5) is 12.3. The third-order valence-electron chi connectivity index (χ3n) is 3.75. The molecule has 1 amide bonds. The number of anilines is 2. The Morgan fingerprint density at radius 3 is 2.24 bits per heavy atom. The lowest BCUT2D eigenvalue weighted by atomic mass is 10.1. The van der Waals surface area contributed by atoms with Crippen LogP contribution in [0, 0.1) is 0 Å². The predicted octanol–water partition coefficient (Wildman–Crippen LogP) is 4.59. The first-order valence-electron chi connectivity index (χ1n) is 8.18. The minimum Gasteiger partial charge on any atom is -0.451 e. The Kier molecular flexibility index (Phi) is 5.38. The molecule has 0 fully saturated rings. The first-order chi connectivity index (χ1) is 13.5. The molecule has 0 aliphatic rings. The molecular formula is C19H15F3N2O4S. The molecule has 152 valence electrons. The van der Waals surface area contributed by atoms with Crippen LogP contribution in [0.4, 0.5) is 24.5 Å². The van der Waals surface area contributed by atoms with Crippen LogP contribution in [0.25, 0.3) is 11.3 Å². The number of sulfonamides is 1. The fourth-order valence-electron chi connectivity index (χ4n) is 2.49. The van der Waals surface area contributed by atoms with Crippen molar-refractivity contribution in [1.29, 1.82) is 0 Å². The number of furan rings is 1. The van der Waals surface area contributed by atoms with E-state index in [9.17, 15) is 26.4 Å². The Morgan fingerprint density at radius 1 is 0.966 bits per heavy atom. The molecule has 0 aliphatic heterocycles. The number of amides is 1. The van der Waals surface area contributed by atoms with E-state index < -0.39 is 27.7 Å². The lowest BCUT2D eigenvalue weighted by Crippen LogP contribution is -2.11. The summed E-state index contributed by atoms with van der Waals surface area (Å²) in [5.41, 5.74) is 0.0803. The van der Waals surface area contributed by atoms with Crippen LogP contribution >= 0.6 is 0 Å². The number of carbonyl (C=O) groups is 1. The van der Waals surface area contributed by atoms with Crippen LogP contribution in [0.2, 0.25) is 0 Å². The van der Waals surface area contributed by atoms with Crippen molar-refractivity contribution in [2.24, 2.45) is 0 Å². The Hall–Kier alpha value is -3.27. The van der Waals surface area contributed by atoms with Crippen LogP contribution in [0.1, 0.15) is 16.1 Å². The molecule has 2 N–H and O–H groups in total. The van der Waals surface area contributed by atoms with Crippen LogP contribution in [0.15, 0.2) is 65.1 Å². The molecule has 1 aromatic heterocycles. The normalized spacial score (nSPS) is 11.9. The van der Waals surface area contributed by atoms with Gasteiger partial charge in [0, 0.05) is 16.9 Å². The minimum atomic E-state index is -4.49. The Balaban J connectivity index is 1.73. The molecule has 6 nitrogen and oxygen atoms in total. The van der Waals surface area contributed by atoms with E-state index in [4.69, 9.17) is 4.42 Å². The van der Waals surface area contributed by atoms with E-state index in [1.54, 1.807) is 0 Å². The highest BCUT2D eigenvalue weighted by Gasteiger charge is 2.30. The molecule has 0 saturated heterocycles. The highest BCUT2D eigenvalue weighted by molar-refractivity contribution is 7.92. The van der Waals surface area contributed by atoms with Crippen LogP contribution in [-0.4, -0.2) is 20.6 Å². The van der Waals surface area contributed by atoms with Crippen LogP contribution in [-0.2, 0) is 16.2 Å². The Bertz CT molecular complexity index is 1140. The van der Waals surface area contributed by atoms with Gasteiger partial charge in [-0.1, -0.05) is 12.1 Å². The summed E-state index contributed by atoms with van der Waals surface area (Å²) < 4.78 is 68.6. The number of benzene rings is 2. The number of carbonyl (C=O) groups excluding carboxylic acids is 1. The van der Waals surface area contributed by atoms with Gasteiger partial charge in [-0.25, -0.2) is 8.42 Å². The Labute approximate surface area is 164 Å². The van der Waals surface area contributed by atoms with Crippen molar-refractivity contribution in [3.05, 3.63) is 72.0 Å². The lowest BCUT2D eigenvalue weighted by molar-refractivity contribution is -0.137. The molecule has 3 rings (SSSR count). The van der Waals surface area contributed by atoms with E-state index in [1.165, 1.54) is 48.5 Å². The second-order valence-electron chi connectivity index (χ2n) is 6.15. The third-order valence-corrected chi connectivity index (χ3v) is 4.36. The van der Waals surface area contributed by atoms with Gasteiger partial charge >= 0.3 is 6.18 Å². The fourth-order valence-corrected chi connectivity index (χ4v) is 3.06. The molecule has 1 heterocycles. The minimum absolute atomic E-state index is 0.0873. The zero-order chi connectivity index (χ0) is 21.2. The first kappa shape index (κ1) is 20.5. The summed E-state index contributed by atoms with van der Waals surface area (Å²) in [6.45, 7) is 0. The molecule has 0 spiro atoms. The van der Waals surface area contributed by atoms with Gasteiger partial charge in [-0.2, -0.15) is 13.2 Å². The van der Waals surface area contributed by atoms with Crippen LogP contribution in [0.5, 0.6) is 0 Å². The summed E-state index contributed by atoms with van der Waals surface area (Å²) in [5.74, 6) is -0.572. The maximum atomic E-state index is 12.8. The molecule has 0 aliphatic carbocycles. The monoisotopic (exact) mass is 424 g/mol. The molecular weight excluding hydrogens is 409 g/mol. The Morgan fingerprint density at radius 2 is 1.62 bits per heavy atom. The number of rotatable bonds is 5. The van der Waals surface area contributed by atoms with E-state index in [-0.39, 0.29) is 17.1 Å². The van der Waals surface area contributed by atoms with Crippen LogP contribution in [0.3, 0.4) is 0 Å². The molecule has 0 saturated carbocycles. The van der Waals surface area contributed by atoms with E-state index in [0.717, 1.165) is 18.4 Å². The number of hydrogen-bond donors (Lipinski definition) is 2. The number of alkyl halides is 3. The van der Waals surface area contributed by atoms with Crippen molar-refractivity contribution >= 4 is 27.3 Å². The zero-order valence-electron chi connectivity index (χ0n) is 14.9. The molecule has 29 heavy (non-hydrogen) atoms. The SMILES string of the molecule is CS(=O)(=O)Nc1ccc(NC(=O)c2ccc(-c3cccc(C(F)(F)F)c3)o2)cc1. The lowest BCUT2D eigenvalue weighted by Gasteiger charge is -2.07. The van der Waals surface area contributed by atoms with Gasteiger partial charge in [-0.15, -0.1) is 0 Å². The summed E-state index contributed by atoms with van der Waals surface area (Å²) in [5, 5.41) is 2.56. The predicted molar refractivity (Wildman–Crippen MR) is 102 cm³/mol. The van der Waals surface area contributed by atoms with Crippen molar-refractivity contribution in [3.8, 4) is 11.3 Å². The molecule has 0 bridgehead atoms. The van der Waals surface area contributed by atoms with Gasteiger partial charge in [0.25, 0.3) is 5.91 Å². The average Bonchev–Trinajstić information content (AvgIpc) is 3.12. The quantitative estimate of drug-likeness (QED) is 0.627. The topological polar surface area (TPSA) is 88.4 Å². The fraction of sp³-hybridized carbons (Fsp3) is 0.105. The van der Waals surface area contributed by atoms with Crippen molar-refractivity contribution in [2.75, 3.05) is 16.3 Å². The van der Waals surface area contributed by atoms with Crippen LogP contribution < -0.4 is 10.0 Å². The van der Waals surface area contributed by atoms with Gasteiger partial charge < -0.3 is 9.73 Å².